The zero-order chi connectivity index (χ0) is 12.1. The van der Waals surface area contributed by atoms with Crippen molar-refractivity contribution in [3.8, 4) is 0 Å². The highest BCUT2D eigenvalue weighted by Crippen LogP contribution is 2.10. The number of nitrogens with zero attached hydrogens (tertiary/aromatic N) is 2. The van der Waals surface area contributed by atoms with Crippen molar-refractivity contribution >= 4 is 15.9 Å². The summed E-state index contributed by atoms with van der Waals surface area (Å²) in [6.07, 6.45) is 1.81. The van der Waals surface area contributed by atoms with E-state index in [1.165, 1.54) is 0 Å². The molecule has 2 heterocycles. The molecule has 0 aliphatic rings. The second-order valence-corrected chi connectivity index (χ2v) is 4.62. The van der Waals surface area contributed by atoms with E-state index < -0.39 is 0 Å². The van der Waals surface area contributed by atoms with Crippen molar-refractivity contribution in [2.75, 3.05) is 0 Å². The van der Waals surface area contributed by atoms with Crippen LogP contribution in [-0.4, -0.2) is 9.97 Å². The van der Waals surface area contributed by atoms with E-state index >= 15 is 0 Å². The Morgan fingerprint density at radius 1 is 1.24 bits per heavy atom. The van der Waals surface area contributed by atoms with Gasteiger partial charge < -0.3 is 5.32 Å². The molecule has 0 saturated carbocycles. The first-order valence-electron chi connectivity index (χ1n) is 5.51. The van der Waals surface area contributed by atoms with Crippen molar-refractivity contribution in [3.05, 3.63) is 58.6 Å². The summed E-state index contributed by atoms with van der Waals surface area (Å²) in [5, 5.41) is 3.40. The minimum Gasteiger partial charge on any atom is -0.303 e. The highest BCUT2D eigenvalue weighted by molar-refractivity contribution is 9.10. The second-order valence-electron chi connectivity index (χ2n) is 3.81. The lowest BCUT2D eigenvalue weighted by Crippen LogP contribution is -2.19. The van der Waals surface area contributed by atoms with Crippen LogP contribution in [0.1, 0.15) is 24.4 Å². The fraction of sp³-hybridized carbons (Fsp3) is 0.231. The highest BCUT2D eigenvalue weighted by Gasteiger charge is 2.05. The van der Waals surface area contributed by atoms with Gasteiger partial charge in [0.15, 0.2) is 0 Å². The van der Waals surface area contributed by atoms with Gasteiger partial charge in [-0.05, 0) is 47.1 Å². The number of hydrogen-bond donors (Lipinski definition) is 1. The van der Waals surface area contributed by atoms with Crippen molar-refractivity contribution in [2.45, 2.75) is 19.5 Å². The van der Waals surface area contributed by atoms with Gasteiger partial charge in [0.2, 0.25) is 0 Å². The fourth-order valence-corrected chi connectivity index (χ4v) is 1.92. The topological polar surface area (TPSA) is 37.8 Å². The van der Waals surface area contributed by atoms with Gasteiger partial charge in [-0.3, -0.25) is 4.98 Å². The molecule has 2 rings (SSSR count). The quantitative estimate of drug-likeness (QED) is 0.880. The summed E-state index contributed by atoms with van der Waals surface area (Å²) in [5.41, 5.74) is 2.06. The molecule has 0 fully saturated rings. The molecular formula is C13H14BrN3. The summed E-state index contributed by atoms with van der Waals surface area (Å²) in [6, 6.07) is 12.1. The molecule has 3 nitrogen and oxygen atoms in total. The summed E-state index contributed by atoms with van der Waals surface area (Å²) in [7, 11) is 0. The summed E-state index contributed by atoms with van der Waals surface area (Å²) in [4.78, 5) is 8.69. The molecule has 0 aromatic carbocycles. The molecular weight excluding hydrogens is 278 g/mol. The number of rotatable bonds is 4. The number of hydrogen-bond acceptors (Lipinski definition) is 3. The van der Waals surface area contributed by atoms with Gasteiger partial charge in [-0.15, -0.1) is 0 Å². The monoisotopic (exact) mass is 291 g/mol. The number of aromatic nitrogens is 2. The summed E-state index contributed by atoms with van der Waals surface area (Å²) >= 11 is 3.36. The van der Waals surface area contributed by atoms with E-state index in [1.54, 1.807) is 0 Å². The van der Waals surface area contributed by atoms with Crippen molar-refractivity contribution < 1.29 is 0 Å². The number of nitrogens with one attached hydrogen (secondary N) is 1. The maximum atomic E-state index is 4.37. The first kappa shape index (κ1) is 12.2. The molecule has 0 bridgehead atoms. The van der Waals surface area contributed by atoms with Gasteiger partial charge in [0.05, 0.1) is 11.4 Å². The van der Waals surface area contributed by atoms with E-state index in [4.69, 9.17) is 0 Å². The Hall–Kier alpha value is -1.26. The van der Waals surface area contributed by atoms with Gasteiger partial charge in [-0.25, -0.2) is 4.98 Å². The van der Waals surface area contributed by atoms with Gasteiger partial charge in [0, 0.05) is 18.8 Å². The average molecular weight is 292 g/mol. The maximum absolute atomic E-state index is 4.37. The largest absolute Gasteiger partial charge is 0.303 e. The van der Waals surface area contributed by atoms with E-state index in [9.17, 15) is 0 Å². The van der Waals surface area contributed by atoms with Gasteiger partial charge in [-0.1, -0.05) is 12.1 Å². The van der Waals surface area contributed by atoms with Crippen LogP contribution in [0.5, 0.6) is 0 Å². The molecule has 0 amide bonds. The molecule has 0 aliphatic carbocycles. The Balaban J connectivity index is 1.95. The van der Waals surface area contributed by atoms with Crippen molar-refractivity contribution in [2.24, 2.45) is 0 Å². The molecule has 1 N–H and O–H groups in total. The Kier molecular flexibility index (Phi) is 4.23. The van der Waals surface area contributed by atoms with Gasteiger partial charge in [0.1, 0.15) is 4.60 Å². The normalized spacial score (nSPS) is 12.4. The number of pyridine rings is 2. The molecule has 0 saturated heterocycles. The molecule has 0 aliphatic heterocycles. The van der Waals surface area contributed by atoms with Gasteiger partial charge >= 0.3 is 0 Å². The Morgan fingerprint density at radius 3 is 2.82 bits per heavy atom. The summed E-state index contributed by atoms with van der Waals surface area (Å²) in [6.45, 7) is 2.83. The fourth-order valence-electron chi connectivity index (χ4n) is 1.54. The van der Waals surface area contributed by atoms with E-state index in [0.29, 0.717) is 0 Å². The van der Waals surface area contributed by atoms with Crippen LogP contribution >= 0.6 is 15.9 Å². The first-order valence-corrected chi connectivity index (χ1v) is 6.31. The Morgan fingerprint density at radius 2 is 2.12 bits per heavy atom. The van der Waals surface area contributed by atoms with Crippen LogP contribution in [0.15, 0.2) is 47.2 Å². The van der Waals surface area contributed by atoms with Crippen LogP contribution in [0.25, 0.3) is 0 Å². The van der Waals surface area contributed by atoms with Gasteiger partial charge in [-0.2, -0.15) is 0 Å². The van der Waals surface area contributed by atoms with Crippen molar-refractivity contribution in [1.29, 1.82) is 0 Å². The van der Waals surface area contributed by atoms with Crippen LogP contribution in [0.3, 0.4) is 0 Å². The van der Waals surface area contributed by atoms with E-state index in [1.807, 2.05) is 42.6 Å². The molecule has 88 valence electrons. The van der Waals surface area contributed by atoms with Crippen molar-refractivity contribution in [1.82, 2.24) is 15.3 Å². The Bertz CT molecular complexity index is 473. The van der Waals surface area contributed by atoms with Crippen molar-refractivity contribution in [3.63, 3.8) is 0 Å². The minimum atomic E-state index is 0.219. The average Bonchev–Trinajstić information content (AvgIpc) is 2.37. The molecule has 17 heavy (non-hydrogen) atoms. The first-order chi connectivity index (χ1) is 8.25. The molecule has 0 radical (unpaired) electrons. The van der Waals surface area contributed by atoms with Gasteiger partial charge in [0.25, 0.3) is 0 Å². The lowest BCUT2D eigenvalue weighted by molar-refractivity contribution is 0.555. The lowest BCUT2D eigenvalue weighted by atomic mass is 10.2. The standard InChI is InChI=1S/C13H14BrN3/c1-10(12-6-2-3-8-15-12)16-9-11-5-4-7-13(14)17-11/h2-8,10,16H,9H2,1H3/t10-/m0/s1. The maximum Gasteiger partial charge on any atom is 0.106 e. The predicted molar refractivity (Wildman–Crippen MR) is 71.4 cm³/mol. The lowest BCUT2D eigenvalue weighted by Gasteiger charge is -2.12. The summed E-state index contributed by atoms with van der Waals surface area (Å²) in [5.74, 6) is 0. The minimum absolute atomic E-state index is 0.219. The molecule has 2 aromatic heterocycles. The zero-order valence-electron chi connectivity index (χ0n) is 9.60. The second kappa shape index (κ2) is 5.89. The van der Waals surface area contributed by atoms with E-state index in [2.05, 4.69) is 38.1 Å². The Labute approximate surface area is 109 Å². The molecule has 0 spiro atoms. The van der Waals surface area contributed by atoms with Crippen LogP contribution < -0.4 is 5.32 Å². The smallest absolute Gasteiger partial charge is 0.106 e. The molecule has 4 heteroatoms. The highest BCUT2D eigenvalue weighted by atomic mass is 79.9. The predicted octanol–water partition coefficient (Wildman–Crippen LogP) is 3.09. The zero-order valence-corrected chi connectivity index (χ0v) is 11.2. The van der Waals surface area contributed by atoms with Crippen LogP contribution in [0.4, 0.5) is 0 Å². The van der Waals surface area contributed by atoms with E-state index in [0.717, 1.165) is 22.5 Å². The SMILES string of the molecule is C[C@H](NCc1cccc(Br)n1)c1ccccn1. The summed E-state index contributed by atoms with van der Waals surface area (Å²) < 4.78 is 0.863. The third kappa shape index (κ3) is 3.61. The third-order valence-corrected chi connectivity index (χ3v) is 2.94. The molecule has 2 aromatic rings. The third-order valence-electron chi connectivity index (χ3n) is 2.49. The molecule has 1 atom stereocenters. The van der Waals surface area contributed by atoms with Crippen LogP contribution in [0, 0.1) is 0 Å². The van der Waals surface area contributed by atoms with E-state index in [-0.39, 0.29) is 6.04 Å². The molecule has 0 unspecified atom stereocenters. The number of halogens is 1. The van der Waals surface area contributed by atoms with Crippen LogP contribution in [0.2, 0.25) is 0 Å². The van der Waals surface area contributed by atoms with Crippen LogP contribution in [-0.2, 0) is 6.54 Å².